The van der Waals surface area contributed by atoms with Gasteiger partial charge in [-0.1, -0.05) is 66.7 Å². The molecule has 0 fully saturated rings. The number of halogens is 1. The Hall–Kier alpha value is -3.30. The summed E-state index contributed by atoms with van der Waals surface area (Å²) in [5, 5.41) is 9.89. The Labute approximate surface area is 199 Å². The zero-order valence-electron chi connectivity index (χ0n) is 17.1. The first-order valence-electron chi connectivity index (χ1n) is 9.85. The molecule has 0 amide bonds. The van der Waals surface area contributed by atoms with E-state index in [1.807, 2.05) is 83.4 Å². The van der Waals surface area contributed by atoms with Crippen molar-refractivity contribution in [1.29, 1.82) is 5.26 Å². The van der Waals surface area contributed by atoms with Crippen LogP contribution in [-0.4, -0.2) is 5.78 Å². The second-order valence-corrected chi connectivity index (χ2v) is 7.12. The number of ketones is 1. The molecule has 4 rings (SSSR count). The van der Waals surface area contributed by atoms with Gasteiger partial charge in [-0.05, 0) is 35.4 Å². The van der Waals surface area contributed by atoms with E-state index in [4.69, 9.17) is 0 Å². The lowest BCUT2D eigenvalue weighted by molar-refractivity contribution is -0.675. The van der Waals surface area contributed by atoms with Crippen LogP contribution in [0.2, 0.25) is 0 Å². The smallest absolute Gasteiger partial charge is 0.302 e. The van der Waals surface area contributed by atoms with Gasteiger partial charge in [0.25, 0.3) is 0 Å². The molecule has 0 aliphatic heterocycles. The van der Waals surface area contributed by atoms with Crippen LogP contribution < -0.4 is 28.5 Å². The van der Waals surface area contributed by atoms with E-state index in [9.17, 15) is 10.1 Å². The minimum atomic E-state index is -0.916. The van der Waals surface area contributed by atoms with Crippen molar-refractivity contribution in [3.63, 3.8) is 0 Å². The van der Waals surface area contributed by atoms with E-state index >= 15 is 0 Å². The van der Waals surface area contributed by atoms with Crippen LogP contribution >= 0.6 is 0 Å². The summed E-state index contributed by atoms with van der Waals surface area (Å²) >= 11 is 0. The minimum absolute atomic E-state index is 0. The lowest BCUT2D eigenvalue weighted by atomic mass is 9.97. The molecule has 0 aliphatic rings. The van der Waals surface area contributed by atoms with Crippen LogP contribution in [0.15, 0.2) is 103 Å². The number of nitrogens with zero attached hydrogens (tertiary/aromatic N) is 2. The van der Waals surface area contributed by atoms with E-state index < -0.39 is 6.04 Å². The van der Waals surface area contributed by atoms with Gasteiger partial charge >= 0.3 is 6.04 Å². The monoisotopic (exact) mass is 516 g/mol. The maximum atomic E-state index is 12.5. The standard InChI is InChI=1S/C27H21N2O.HI/c1-20(30)27(19-28)29-25(22-13-7-3-8-14-22)17-24(21-11-5-2-6-12-21)18-26(29)23-15-9-4-10-16-23;/h2-18,27H,1H3;1H/q+1;/p-1. The molecule has 0 spiro atoms. The first kappa shape index (κ1) is 22.4. The first-order valence-corrected chi connectivity index (χ1v) is 9.85. The molecule has 0 bridgehead atoms. The van der Waals surface area contributed by atoms with Crippen LogP contribution in [0.5, 0.6) is 0 Å². The summed E-state index contributed by atoms with van der Waals surface area (Å²) in [4.78, 5) is 12.5. The van der Waals surface area contributed by atoms with Gasteiger partial charge in [-0.25, -0.2) is 0 Å². The third kappa shape index (κ3) is 4.73. The summed E-state index contributed by atoms with van der Waals surface area (Å²) in [6.07, 6.45) is 0. The van der Waals surface area contributed by atoms with Crippen molar-refractivity contribution in [2.24, 2.45) is 0 Å². The van der Waals surface area contributed by atoms with Gasteiger partial charge in [-0.15, -0.1) is 0 Å². The molecule has 0 aliphatic carbocycles. The van der Waals surface area contributed by atoms with Crippen LogP contribution in [0.1, 0.15) is 13.0 Å². The number of pyridine rings is 1. The topological polar surface area (TPSA) is 44.7 Å². The molecule has 0 saturated carbocycles. The van der Waals surface area contributed by atoms with E-state index in [1.54, 1.807) is 0 Å². The molecule has 4 heteroatoms. The third-order valence-corrected chi connectivity index (χ3v) is 5.12. The van der Waals surface area contributed by atoms with Crippen LogP contribution in [0.3, 0.4) is 0 Å². The summed E-state index contributed by atoms with van der Waals surface area (Å²) in [7, 11) is 0. The van der Waals surface area contributed by atoms with Crippen molar-refractivity contribution in [3.8, 4) is 39.7 Å². The normalized spacial score (nSPS) is 11.1. The first-order chi connectivity index (χ1) is 14.7. The Morgan fingerprint density at radius 2 is 1.10 bits per heavy atom. The van der Waals surface area contributed by atoms with Crippen molar-refractivity contribution in [2.45, 2.75) is 13.0 Å². The quantitative estimate of drug-likeness (QED) is 0.303. The SMILES string of the molecule is CC(=O)C(C#N)[n+]1c(-c2ccccc2)cc(-c2ccccc2)cc1-c1ccccc1.[I-]. The number of Topliss-reactive ketones (excluding diaryl/α,β-unsaturated/α-hetero) is 1. The Morgan fingerprint density at radius 3 is 1.45 bits per heavy atom. The molecule has 31 heavy (non-hydrogen) atoms. The van der Waals surface area contributed by atoms with Crippen LogP contribution in [0, 0.1) is 11.3 Å². The number of nitriles is 1. The predicted molar refractivity (Wildman–Crippen MR) is 118 cm³/mol. The van der Waals surface area contributed by atoms with E-state index in [-0.39, 0.29) is 29.8 Å². The number of hydrogen-bond donors (Lipinski definition) is 0. The largest absolute Gasteiger partial charge is 1.00 e. The van der Waals surface area contributed by atoms with Crippen LogP contribution in [0.4, 0.5) is 0 Å². The molecule has 4 aromatic rings. The van der Waals surface area contributed by atoms with Gasteiger partial charge in [-0.2, -0.15) is 9.83 Å². The summed E-state index contributed by atoms with van der Waals surface area (Å²) < 4.78 is 1.86. The molecular weight excluding hydrogens is 495 g/mol. The number of carbonyl (C=O) groups is 1. The summed E-state index contributed by atoms with van der Waals surface area (Å²) in [6, 6.07) is 35.3. The maximum absolute atomic E-state index is 12.5. The molecule has 3 aromatic carbocycles. The zero-order valence-corrected chi connectivity index (χ0v) is 19.2. The molecule has 3 nitrogen and oxygen atoms in total. The van der Waals surface area contributed by atoms with Gasteiger partial charge in [0.05, 0.1) is 0 Å². The fraction of sp³-hybridized carbons (Fsp3) is 0.0741. The van der Waals surface area contributed by atoms with Gasteiger partial charge in [-0.3, -0.25) is 4.79 Å². The van der Waals surface area contributed by atoms with Crippen molar-refractivity contribution < 1.29 is 33.3 Å². The molecule has 1 aromatic heterocycles. The third-order valence-electron chi connectivity index (χ3n) is 5.12. The molecule has 1 unspecified atom stereocenters. The fourth-order valence-corrected chi connectivity index (χ4v) is 3.67. The average molecular weight is 516 g/mol. The second-order valence-electron chi connectivity index (χ2n) is 7.12. The predicted octanol–water partition coefficient (Wildman–Crippen LogP) is 2.63. The molecule has 1 atom stereocenters. The second kappa shape index (κ2) is 10.1. The molecule has 0 radical (unpaired) electrons. The average Bonchev–Trinajstić information content (AvgIpc) is 2.81. The molecule has 0 saturated heterocycles. The molecular formula is C27H21IN2O. The van der Waals surface area contributed by atoms with Crippen LogP contribution in [0.25, 0.3) is 33.6 Å². The van der Waals surface area contributed by atoms with E-state index in [1.165, 1.54) is 6.92 Å². The zero-order chi connectivity index (χ0) is 20.9. The van der Waals surface area contributed by atoms with E-state index in [2.05, 4.69) is 30.3 Å². The number of carbonyl (C=O) groups excluding carboxylic acids is 1. The molecule has 152 valence electrons. The van der Waals surface area contributed by atoms with Gasteiger partial charge < -0.3 is 24.0 Å². The van der Waals surface area contributed by atoms with Gasteiger partial charge in [0, 0.05) is 30.2 Å². The summed E-state index contributed by atoms with van der Waals surface area (Å²) in [6.45, 7) is 1.47. The Balaban J connectivity index is 0.00000272. The number of benzene rings is 3. The van der Waals surface area contributed by atoms with Gasteiger partial charge in [0.15, 0.2) is 0 Å². The number of rotatable bonds is 5. The highest BCUT2D eigenvalue weighted by atomic mass is 127. The van der Waals surface area contributed by atoms with E-state index in [0.29, 0.717) is 0 Å². The van der Waals surface area contributed by atoms with E-state index in [0.717, 1.165) is 33.6 Å². The summed E-state index contributed by atoms with van der Waals surface area (Å²) in [5.74, 6) is -0.190. The van der Waals surface area contributed by atoms with Crippen LogP contribution in [-0.2, 0) is 4.79 Å². The number of aromatic nitrogens is 1. The number of hydrogen-bond acceptors (Lipinski definition) is 2. The van der Waals surface area contributed by atoms with Gasteiger partial charge in [0.1, 0.15) is 6.07 Å². The van der Waals surface area contributed by atoms with Gasteiger partial charge in [0.2, 0.25) is 17.2 Å². The lowest BCUT2D eigenvalue weighted by Crippen LogP contribution is -3.00. The minimum Gasteiger partial charge on any atom is -1.00 e. The summed E-state index contributed by atoms with van der Waals surface area (Å²) in [5.41, 5.74) is 5.68. The Kier molecular flexibility index (Phi) is 7.32. The highest BCUT2D eigenvalue weighted by Gasteiger charge is 2.33. The Bertz CT molecular complexity index is 1160. The fourth-order valence-electron chi connectivity index (χ4n) is 3.67. The van der Waals surface area contributed by atoms with Crippen molar-refractivity contribution in [2.75, 3.05) is 0 Å². The highest BCUT2D eigenvalue weighted by Crippen LogP contribution is 2.30. The maximum Gasteiger partial charge on any atom is 0.302 e. The Morgan fingerprint density at radius 1 is 0.710 bits per heavy atom. The van der Waals surface area contributed by atoms with Crippen molar-refractivity contribution in [3.05, 3.63) is 103 Å². The van der Waals surface area contributed by atoms with Crippen molar-refractivity contribution in [1.82, 2.24) is 0 Å². The highest BCUT2D eigenvalue weighted by molar-refractivity contribution is 5.82. The molecule has 0 N–H and O–H groups in total. The lowest BCUT2D eigenvalue weighted by Gasteiger charge is -2.14. The molecule has 1 heterocycles. The van der Waals surface area contributed by atoms with Crippen molar-refractivity contribution >= 4 is 5.78 Å².